The Morgan fingerprint density at radius 2 is 1.83 bits per heavy atom. The van der Waals surface area contributed by atoms with E-state index >= 15 is 0 Å². The van der Waals surface area contributed by atoms with Crippen molar-refractivity contribution < 1.29 is 17.5 Å². The predicted octanol–water partition coefficient (Wildman–Crippen LogP) is 0.877. The van der Waals surface area contributed by atoms with Crippen LogP contribution in [0.15, 0.2) is 30.6 Å². The summed E-state index contributed by atoms with van der Waals surface area (Å²) in [7, 11) is -0.183. The van der Waals surface area contributed by atoms with Crippen LogP contribution < -0.4 is 9.64 Å². The minimum Gasteiger partial charge on any atom is -0.494 e. The Labute approximate surface area is 141 Å². The van der Waals surface area contributed by atoms with Crippen molar-refractivity contribution in [2.24, 2.45) is 0 Å². The van der Waals surface area contributed by atoms with Crippen LogP contribution in [-0.4, -0.2) is 68.9 Å². The van der Waals surface area contributed by atoms with E-state index in [2.05, 4.69) is 0 Å². The van der Waals surface area contributed by atoms with Crippen molar-refractivity contribution in [3.8, 4) is 5.75 Å². The molecule has 2 aliphatic rings. The van der Waals surface area contributed by atoms with E-state index in [0.717, 1.165) is 5.69 Å². The van der Waals surface area contributed by atoms with Gasteiger partial charge >= 0.3 is 10.2 Å². The van der Waals surface area contributed by atoms with Gasteiger partial charge in [-0.25, -0.2) is 8.70 Å². The second-order valence-corrected chi connectivity index (χ2v) is 7.67. The Morgan fingerprint density at radius 3 is 2.42 bits per heavy atom. The highest BCUT2D eigenvalue weighted by molar-refractivity contribution is 7.86. The smallest absolute Gasteiger partial charge is 0.305 e. The Bertz CT molecular complexity index is 732. The first-order chi connectivity index (χ1) is 11.4. The second-order valence-electron chi connectivity index (χ2n) is 5.79. The number of anilines is 1. The molecule has 0 aliphatic carbocycles. The van der Waals surface area contributed by atoms with Crippen LogP contribution >= 0.6 is 0 Å². The number of hydrogen-bond donors (Lipinski definition) is 0. The van der Waals surface area contributed by atoms with Crippen molar-refractivity contribution in [2.45, 2.75) is 0 Å². The highest BCUT2D eigenvalue weighted by atomic mass is 32.2. The summed E-state index contributed by atoms with van der Waals surface area (Å²) in [5, 5.41) is 0. The first-order valence-electron chi connectivity index (χ1n) is 7.66. The molecule has 0 unspecified atom stereocenters. The predicted molar refractivity (Wildman–Crippen MR) is 89.3 cm³/mol. The summed E-state index contributed by atoms with van der Waals surface area (Å²) >= 11 is 0. The number of methoxy groups -OCH3 is 1. The molecule has 2 aliphatic heterocycles. The van der Waals surface area contributed by atoms with Crippen LogP contribution in [0.3, 0.4) is 0 Å². The molecule has 1 aromatic rings. The monoisotopic (exact) mass is 356 g/mol. The minimum atomic E-state index is -3.50. The summed E-state index contributed by atoms with van der Waals surface area (Å²) in [5.74, 6) is 0.0946. The summed E-state index contributed by atoms with van der Waals surface area (Å²) < 4.78 is 46.6. The van der Waals surface area contributed by atoms with Gasteiger partial charge in [-0.2, -0.15) is 12.7 Å². The van der Waals surface area contributed by atoms with Crippen LogP contribution in [0.2, 0.25) is 0 Å². The zero-order valence-electron chi connectivity index (χ0n) is 13.7. The van der Waals surface area contributed by atoms with Gasteiger partial charge in [0.1, 0.15) is 18.2 Å². The molecule has 9 heteroatoms. The molecule has 0 N–H and O–H groups in total. The fraction of sp³-hybridized carbons (Fsp3) is 0.467. The van der Waals surface area contributed by atoms with E-state index in [1.54, 1.807) is 23.4 Å². The quantitative estimate of drug-likeness (QED) is 0.802. The maximum atomic E-state index is 13.3. The first-order valence-corrected chi connectivity index (χ1v) is 9.05. The summed E-state index contributed by atoms with van der Waals surface area (Å²) in [5.41, 5.74) is 0.775. The number of piperazine rings is 1. The standard InChI is InChI=1S/C15H21FN4O3S/c1-17-5-8-20(12-17)24(21,22)19-9-6-18(7-10-19)14-4-3-13(16)11-15(14)23-2/h3-5,8,11H,6-7,9-10,12H2,1-2H3. The third-order valence-corrected chi connectivity index (χ3v) is 6.04. The van der Waals surface area contributed by atoms with Crippen molar-refractivity contribution in [3.63, 3.8) is 0 Å². The van der Waals surface area contributed by atoms with Crippen LogP contribution in [0.1, 0.15) is 0 Å². The molecular formula is C15H21FN4O3S. The lowest BCUT2D eigenvalue weighted by Crippen LogP contribution is -2.52. The van der Waals surface area contributed by atoms with Crippen LogP contribution in [0.4, 0.5) is 10.1 Å². The molecule has 0 saturated carbocycles. The van der Waals surface area contributed by atoms with Gasteiger partial charge in [-0.05, 0) is 12.1 Å². The van der Waals surface area contributed by atoms with Crippen LogP contribution in [0.25, 0.3) is 0 Å². The zero-order chi connectivity index (χ0) is 17.3. The van der Waals surface area contributed by atoms with E-state index in [9.17, 15) is 12.8 Å². The van der Waals surface area contributed by atoms with Crippen molar-refractivity contribution in [2.75, 3.05) is 51.9 Å². The van der Waals surface area contributed by atoms with Crippen LogP contribution in [-0.2, 0) is 10.2 Å². The van der Waals surface area contributed by atoms with Gasteiger partial charge in [0.2, 0.25) is 0 Å². The van der Waals surface area contributed by atoms with E-state index in [4.69, 9.17) is 4.74 Å². The van der Waals surface area contributed by atoms with Gasteiger partial charge in [-0.3, -0.25) is 0 Å². The largest absolute Gasteiger partial charge is 0.494 e. The summed E-state index contributed by atoms with van der Waals surface area (Å²) in [6.45, 7) is 2.12. The number of rotatable bonds is 4. The molecule has 2 heterocycles. The molecule has 0 spiro atoms. The Hall–Kier alpha value is -2.00. The van der Waals surface area contributed by atoms with Crippen molar-refractivity contribution in [1.29, 1.82) is 0 Å². The SMILES string of the molecule is COc1cc(F)ccc1N1CCN(S(=O)(=O)N2C=CN(C)C2)CC1. The maximum Gasteiger partial charge on any atom is 0.305 e. The third kappa shape index (κ3) is 3.13. The second kappa shape index (κ2) is 6.48. The van der Waals surface area contributed by atoms with Crippen molar-refractivity contribution >= 4 is 15.9 Å². The fourth-order valence-electron chi connectivity index (χ4n) is 2.87. The number of ether oxygens (including phenoxy) is 1. The van der Waals surface area contributed by atoms with Gasteiger partial charge in [-0.1, -0.05) is 0 Å². The van der Waals surface area contributed by atoms with Gasteiger partial charge in [0, 0.05) is 51.7 Å². The van der Waals surface area contributed by atoms with Gasteiger partial charge in [0.05, 0.1) is 12.8 Å². The summed E-state index contributed by atoms with van der Waals surface area (Å²) in [6, 6.07) is 4.38. The average Bonchev–Trinajstić information content (AvgIpc) is 3.02. The fourth-order valence-corrected chi connectivity index (χ4v) is 4.33. The molecule has 7 nitrogen and oxygen atoms in total. The third-order valence-electron chi connectivity index (χ3n) is 4.19. The van der Waals surface area contributed by atoms with E-state index in [1.165, 1.54) is 27.9 Å². The van der Waals surface area contributed by atoms with E-state index in [0.29, 0.717) is 38.6 Å². The average molecular weight is 356 g/mol. The summed E-state index contributed by atoms with van der Waals surface area (Å²) in [6.07, 6.45) is 3.31. The summed E-state index contributed by atoms with van der Waals surface area (Å²) in [4.78, 5) is 3.81. The van der Waals surface area contributed by atoms with Crippen LogP contribution in [0, 0.1) is 5.82 Å². The molecule has 0 radical (unpaired) electrons. The molecule has 1 aromatic carbocycles. The number of nitrogens with zero attached hydrogens (tertiary/aromatic N) is 4. The molecule has 1 saturated heterocycles. The van der Waals surface area contributed by atoms with Gasteiger partial charge in [-0.15, -0.1) is 0 Å². The first kappa shape index (κ1) is 16.8. The molecule has 0 atom stereocenters. The van der Waals surface area contributed by atoms with Crippen molar-refractivity contribution in [1.82, 2.24) is 13.5 Å². The molecule has 132 valence electrons. The molecule has 3 rings (SSSR count). The van der Waals surface area contributed by atoms with Gasteiger partial charge in [0.15, 0.2) is 0 Å². The lowest BCUT2D eigenvalue weighted by Gasteiger charge is -2.37. The molecule has 0 amide bonds. The minimum absolute atomic E-state index is 0.328. The van der Waals surface area contributed by atoms with Crippen molar-refractivity contribution in [3.05, 3.63) is 36.4 Å². The van der Waals surface area contributed by atoms with Gasteiger partial charge in [0.25, 0.3) is 0 Å². The van der Waals surface area contributed by atoms with Crippen LogP contribution in [0.5, 0.6) is 5.75 Å². The lowest BCUT2D eigenvalue weighted by atomic mass is 10.2. The van der Waals surface area contributed by atoms with E-state index < -0.39 is 10.2 Å². The highest BCUT2D eigenvalue weighted by Crippen LogP contribution is 2.30. The Kier molecular flexibility index (Phi) is 4.55. The molecule has 0 bridgehead atoms. The molecule has 1 fully saturated rings. The Balaban J connectivity index is 1.69. The molecule has 24 heavy (non-hydrogen) atoms. The number of benzene rings is 1. The maximum absolute atomic E-state index is 13.3. The zero-order valence-corrected chi connectivity index (χ0v) is 14.5. The van der Waals surface area contributed by atoms with E-state index in [1.807, 2.05) is 11.9 Å². The molecular weight excluding hydrogens is 335 g/mol. The van der Waals surface area contributed by atoms with E-state index in [-0.39, 0.29) is 5.82 Å². The topological polar surface area (TPSA) is 56.3 Å². The normalized spacial score (nSPS) is 19.2. The highest BCUT2D eigenvalue weighted by Gasteiger charge is 2.33. The molecule has 0 aromatic heterocycles. The lowest BCUT2D eigenvalue weighted by molar-refractivity contribution is 0.326. The number of halogens is 1. The Morgan fingerprint density at radius 1 is 1.12 bits per heavy atom. The number of hydrogen-bond acceptors (Lipinski definition) is 5. The van der Waals surface area contributed by atoms with Gasteiger partial charge < -0.3 is 14.5 Å².